The second-order valence-corrected chi connectivity index (χ2v) is 4.65. The van der Waals surface area contributed by atoms with Crippen molar-refractivity contribution in [2.24, 2.45) is 0 Å². The van der Waals surface area contributed by atoms with Gasteiger partial charge in [0.05, 0.1) is 12.4 Å². The van der Waals surface area contributed by atoms with Crippen LogP contribution in [0.4, 0.5) is 5.82 Å². The zero-order valence-corrected chi connectivity index (χ0v) is 10.4. The number of anilines is 1. The predicted molar refractivity (Wildman–Crippen MR) is 66.6 cm³/mol. The van der Waals surface area contributed by atoms with Gasteiger partial charge in [-0.1, -0.05) is 0 Å². The maximum Gasteiger partial charge on any atom is 0.227 e. The van der Waals surface area contributed by atoms with Crippen molar-refractivity contribution >= 4 is 28.4 Å². The van der Waals surface area contributed by atoms with Gasteiger partial charge in [-0.3, -0.25) is 4.98 Å². The Morgan fingerprint density at radius 3 is 2.73 bits per heavy atom. The Morgan fingerprint density at radius 2 is 2.13 bits per heavy atom. The fraction of sp³-hybridized carbons (Fsp3) is 0.500. The topological polar surface area (TPSA) is 33.4 Å². The molecule has 0 bridgehead atoms. The van der Waals surface area contributed by atoms with Crippen LogP contribution in [0.5, 0.6) is 0 Å². The Bertz CT molecular complexity index is 379. The number of halogens is 1. The third-order valence-corrected chi connectivity index (χ3v) is 3.08. The van der Waals surface area contributed by atoms with Gasteiger partial charge in [-0.05, 0) is 22.6 Å². The highest BCUT2D eigenvalue weighted by Crippen LogP contribution is 2.19. The summed E-state index contributed by atoms with van der Waals surface area (Å²) in [6.45, 7) is 8.82. The lowest BCUT2D eigenvalue weighted by Crippen LogP contribution is -2.35. The van der Waals surface area contributed by atoms with Crippen molar-refractivity contribution < 1.29 is 0 Å². The smallest absolute Gasteiger partial charge is 0.227 e. The van der Waals surface area contributed by atoms with E-state index in [0.29, 0.717) is 0 Å². The molecule has 1 aromatic heterocycles. The monoisotopic (exact) mass is 314 g/mol. The lowest BCUT2D eigenvalue weighted by atomic mass is 10.1. The van der Waals surface area contributed by atoms with E-state index in [2.05, 4.69) is 42.3 Å². The molecule has 1 fully saturated rings. The maximum atomic E-state index is 6.98. The Morgan fingerprint density at radius 1 is 1.40 bits per heavy atom. The molecular weight excluding hydrogens is 303 g/mol. The molecule has 1 aromatic rings. The predicted octanol–water partition coefficient (Wildman–Crippen LogP) is 1.97. The molecule has 0 aromatic carbocycles. The van der Waals surface area contributed by atoms with Gasteiger partial charge in [0.2, 0.25) is 6.04 Å². The summed E-state index contributed by atoms with van der Waals surface area (Å²) in [7, 11) is 0. The highest BCUT2D eigenvalue weighted by molar-refractivity contribution is 14.1. The summed E-state index contributed by atoms with van der Waals surface area (Å²) in [5.41, 5.74) is 0. The van der Waals surface area contributed by atoms with Gasteiger partial charge in [0.1, 0.15) is 9.52 Å². The molecule has 0 N–H and O–H groups in total. The molecule has 1 aliphatic heterocycles. The zero-order valence-electron chi connectivity index (χ0n) is 8.23. The van der Waals surface area contributed by atoms with Crippen LogP contribution in [0.3, 0.4) is 0 Å². The van der Waals surface area contributed by atoms with E-state index in [4.69, 9.17) is 6.57 Å². The van der Waals surface area contributed by atoms with E-state index < -0.39 is 0 Å². The lowest BCUT2D eigenvalue weighted by molar-refractivity contribution is 0.544. The van der Waals surface area contributed by atoms with Crippen LogP contribution in [0.2, 0.25) is 0 Å². The molecule has 0 aliphatic carbocycles. The Kier molecular flexibility index (Phi) is 3.36. The molecule has 0 amide bonds. The van der Waals surface area contributed by atoms with Gasteiger partial charge in [-0.25, -0.2) is 11.6 Å². The minimum atomic E-state index is 0.206. The summed E-state index contributed by atoms with van der Waals surface area (Å²) < 4.78 is 0.914. The van der Waals surface area contributed by atoms with E-state index in [0.717, 1.165) is 35.4 Å². The summed E-state index contributed by atoms with van der Waals surface area (Å²) in [4.78, 5) is 14.3. The molecule has 78 valence electrons. The molecule has 1 aliphatic rings. The van der Waals surface area contributed by atoms with Crippen LogP contribution in [0, 0.1) is 10.3 Å². The summed E-state index contributed by atoms with van der Waals surface area (Å²) in [6, 6.07) is 0.206. The molecule has 2 heterocycles. The number of hydrogen-bond donors (Lipinski definition) is 0. The summed E-state index contributed by atoms with van der Waals surface area (Å²) in [5.74, 6) is 0.935. The van der Waals surface area contributed by atoms with Gasteiger partial charge in [-0.15, -0.1) is 0 Å². The van der Waals surface area contributed by atoms with Gasteiger partial charge < -0.3 is 9.74 Å². The SMILES string of the molecule is [C-]#[N+]C1CCN(c2cncc(I)n2)CC1. The quantitative estimate of drug-likeness (QED) is 0.587. The van der Waals surface area contributed by atoms with Gasteiger partial charge in [0, 0.05) is 25.9 Å². The Labute approximate surface area is 103 Å². The summed E-state index contributed by atoms with van der Waals surface area (Å²) in [5, 5.41) is 0. The molecule has 0 unspecified atom stereocenters. The van der Waals surface area contributed by atoms with E-state index in [1.165, 1.54) is 0 Å². The minimum absolute atomic E-state index is 0.206. The normalized spacial score (nSPS) is 17.5. The van der Waals surface area contributed by atoms with Crippen molar-refractivity contribution in [2.45, 2.75) is 18.9 Å². The van der Waals surface area contributed by atoms with E-state index in [1.54, 1.807) is 12.4 Å². The van der Waals surface area contributed by atoms with Crippen LogP contribution in [0.15, 0.2) is 12.4 Å². The molecule has 0 spiro atoms. The first-order valence-corrected chi connectivity index (χ1v) is 5.96. The van der Waals surface area contributed by atoms with Crippen LogP contribution in [0.1, 0.15) is 12.8 Å². The fourth-order valence-corrected chi connectivity index (χ4v) is 2.12. The summed E-state index contributed by atoms with van der Waals surface area (Å²) in [6.07, 6.45) is 5.42. The molecular formula is C10H11IN4. The van der Waals surface area contributed by atoms with Gasteiger partial charge in [-0.2, -0.15) is 0 Å². The van der Waals surface area contributed by atoms with Crippen LogP contribution in [0.25, 0.3) is 4.85 Å². The molecule has 5 heteroatoms. The number of aromatic nitrogens is 2. The first-order valence-electron chi connectivity index (χ1n) is 4.88. The zero-order chi connectivity index (χ0) is 10.7. The highest BCUT2D eigenvalue weighted by atomic mass is 127. The fourth-order valence-electron chi connectivity index (χ4n) is 1.71. The van der Waals surface area contributed by atoms with E-state index >= 15 is 0 Å². The van der Waals surface area contributed by atoms with Crippen molar-refractivity contribution in [3.05, 3.63) is 27.5 Å². The molecule has 2 rings (SSSR count). The highest BCUT2D eigenvalue weighted by Gasteiger charge is 2.23. The standard InChI is InChI=1S/C10H11IN4/c1-12-8-2-4-15(5-3-8)10-7-13-6-9(11)14-10/h6-8H,2-5H2. The van der Waals surface area contributed by atoms with Crippen LogP contribution >= 0.6 is 22.6 Å². The Balaban J connectivity index is 2.05. The number of rotatable bonds is 1. The molecule has 4 nitrogen and oxygen atoms in total. The molecule has 15 heavy (non-hydrogen) atoms. The lowest BCUT2D eigenvalue weighted by Gasteiger charge is -2.27. The maximum absolute atomic E-state index is 6.98. The number of nitrogens with zero attached hydrogens (tertiary/aromatic N) is 4. The van der Waals surface area contributed by atoms with Gasteiger partial charge in [0.15, 0.2) is 0 Å². The first kappa shape index (κ1) is 10.6. The van der Waals surface area contributed by atoms with E-state index in [-0.39, 0.29) is 6.04 Å². The van der Waals surface area contributed by atoms with E-state index in [9.17, 15) is 0 Å². The van der Waals surface area contributed by atoms with Crippen LogP contribution in [-0.4, -0.2) is 29.1 Å². The second kappa shape index (κ2) is 4.75. The summed E-state index contributed by atoms with van der Waals surface area (Å²) >= 11 is 2.16. The van der Waals surface area contributed by atoms with Crippen molar-refractivity contribution in [1.29, 1.82) is 0 Å². The largest absolute Gasteiger partial charge is 0.355 e. The first-order chi connectivity index (χ1) is 7.29. The Hall–Kier alpha value is -0.900. The number of hydrogen-bond acceptors (Lipinski definition) is 3. The van der Waals surface area contributed by atoms with E-state index in [1.807, 2.05) is 0 Å². The van der Waals surface area contributed by atoms with Gasteiger partial charge >= 0.3 is 0 Å². The molecule has 0 atom stereocenters. The average molecular weight is 314 g/mol. The van der Waals surface area contributed by atoms with Crippen molar-refractivity contribution in [1.82, 2.24) is 9.97 Å². The van der Waals surface area contributed by atoms with Crippen molar-refractivity contribution in [3.8, 4) is 0 Å². The average Bonchev–Trinajstić information content (AvgIpc) is 2.29. The third-order valence-electron chi connectivity index (χ3n) is 2.56. The second-order valence-electron chi connectivity index (χ2n) is 3.55. The van der Waals surface area contributed by atoms with Crippen molar-refractivity contribution in [3.63, 3.8) is 0 Å². The van der Waals surface area contributed by atoms with Gasteiger partial charge in [0.25, 0.3) is 0 Å². The molecule has 0 radical (unpaired) electrons. The molecule has 0 saturated carbocycles. The third kappa shape index (κ3) is 2.56. The minimum Gasteiger partial charge on any atom is -0.355 e. The number of piperidine rings is 1. The molecule has 1 saturated heterocycles. The van der Waals surface area contributed by atoms with Crippen molar-refractivity contribution in [2.75, 3.05) is 18.0 Å². The van der Waals surface area contributed by atoms with Crippen LogP contribution in [-0.2, 0) is 0 Å². The van der Waals surface area contributed by atoms with Crippen LogP contribution < -0.4 is 4.90 Å².